The van der Waals surface area contributed by atoms with Crippen molar-refractivity contribution in [2.45, 2.75) is 19.9 Å². The summed E-state index contributed by atoms with van der Waals surface area (Å²) in [6.45, 7) is 4.27. The minimum absolute atomic E-state index is 0.0672. The van der Waals surface area contributed by atoms with Gasteiger partial charge in [-0.2, -0.15) is 0 Å². The van der Waals surface area contributed by atoms with Crippen molar-refractivity contribution in [1.82, 2.24) is 5.32 Å². The van der Waals surface area contributed by atoms with Gasteiger partial charge in [0.05, 0.1) is 23.4 Å². The zero-order chi connectivity index (χ0) is 16.0. The molecular formula is C14H19ClN2O4. The minimum Gasteiger partial charge on any atom is -0.478 e. The summed E-state index contributed by atoms with van der Waals surface area (Å²) >= 11 is 5.84. The Morgan fingerprint density at radius 3 is 2.57 bits per heavy atom. The van der Waals surface area contributed by atoms with Crippen LogP contribution in [0.1, 0.15) is 24.2 Å². The number of carboxylic acid groups (broad SMARTS) is 1. The molecule has 0 bridgehead atoms. The molecule has 0 aliphatic carbocycles. The van der Waals surface area contributed by atoms with E-state index >= 15 is 0 Å². The number of amides is 2. The normalized spacial score (nSPS) is 12.0. The number of carbonyl (C=O) groups excluding carboxylic acids is 1. The van der Waals surface area contributed by atoms with Crippen LogP contribution in [0.4, 0.5) is 10.5 Å². The molecule has 0 aromatic heterocycles. The molecule has 116 valence electrons. The van der Waals surface area contributed by atoms with Crippen LogP contribution in [0, 0.1) is 5.92 Å². The van der Waals surface area contributed by atoms with Crippen LogP contribution < -0.4 is 10.6 Å². The van der Waals surface area contributed by atoms with Gasteiger partial charge in [0.1, 0.15) is 5.56 Å². The van der Waals surface area contributed by atoms with Crippen LogP contribution in [0.15, 0.2) is 18.2 Å². The molecule has 0 saturated carbocycles. The molecule has 1 unspecified atom stereocenters. The standard InChI is InChI=1S/C14H19ClN2O4/c1-8(2)11(7-21-3)17-14(20)16-10-6-4-5-9(15)12(10)13(18)19/h4-6,8,11H,7H2,1-3H3,(H,18,19)(H2,16,17,20). The molecule has 21 heavy (non-hydrogen) atoms. The van der Waals surface area contributed by atoms with Crippen LogP contribution in [0.25, 0.3) is 0 Å². The molecule has 1 atom stereocenters. The summed E-state index contributed by atoms with van der Waals surface area (Å²) < 4.78 is 5.04. The van der Waals surface area contributed by atoms with E-state index in [0.29, 0.717) is 6.61 Å². The molecule has 1 rings (SSSR count). The third kappa shape index (κ3) is 4.91. The highest BCUT2D eigenvalue weighted by molar-refractivity contribution is 6.34. The van der Waals surface area contributed by atoms with Gasteiger partial charge in [-0.15, -0.1) is 0 Å². The summed E-state index contributed by atoms with van der Waals surface area (Å²) in [6.07, 6.45) is 0. The molecular weight excluding hydrogens is 296 g/mol. The number of methoxy groups -OCH3 is 1. The van der Waals surface area contributed by atoms with E-state index in [4.69, 9.17) is 21.4 Å². The topological polar surface area (TPSA) is 87.7 Å². The second-order valence-corrected chi connectivity index (χ2v) is 5.28. The predicted octanol–water partition coefficient (Wildman–Crippen LogP) is 2.83. The number of benzene rings is 1. The zero-order valence-corrected chi connectivity index (χ0v) is 12.9. The number of carbonyl (C=O) groups is 2. The lowest BCUT2D eigenvalue weighted by Crippen LogP contribution is -2.43. The predicted molar refractivity (Wildman–Crippen MR) is 81.1 cm³/mol. The molecule has 3 N–H and O–H groups in total. The molecule has 1 aromatic carbocycles. The largest absolute Gasteiger partial charge is 0.478 e. The lowest BCUT2D eigenvalue weighted by Gasteiger charge is -2.22. The average molecular weight is 315 g/mol. The highest BCUT2D eigenvalue weighted by atomic mass is 35.5. The first-order valence-electron chi connectivity index (χ1n) is 6.45. The van der Waals surface area contributed by atoms with Gasteiger partial charge in [0, 0.05) is 7.11 Å². The van der Waals surface area contributed by atoms with E-state index in [9.17, 15) is 9.59 Å². The third-order valence-corrected chi connectivity index (χ3v) is 3.26. The van der Waals surface area contributed by atoms with E-state index < -0.39 is 12.0 Å². The Kier molecular flexibility index (Phi) is 6.45. The fraction of sp³-hybridized carbons (Fsp3) is 0.429. The first kappa shape index (κ1) is 17.3. The Bertz CT molecular complexity index is 520. The fourth-order valence-corrected chi connectivity index (χ4v) is 2.01. The maximum absolute atomic E-state index is 12.0. The number of halogens is 1. The molecule has 1 aromatic rings. The van der Waals surface area contributed by atoms with Crippen LogP contribution in [-0.2, 0) is 4.74 Å². The summed E-state index contributed by atoms with van der Waals surface area (Å²) in [7, 11) is 1.55. The van der Waals surface area contributed by atoms with Crippen molar-refractivity contribution >= 4 is 29.3 Å². The SMILES string of the molecule is COCC(NC(=O)Nc1cccc(Cl)c1C(=O)O)C(C)C. The second kappa shape index (κ2) is 7.85. The third-order valence-electron chi connectivity index (χ3n) is 2.94. The number of carboxylic acids is 1. The van der Waals surface area contributed by atoms with Gasteiger partial charge in [0.25, 0.3) is 0 Å². The summed E-state index contributed by atoms with van der Waals surface area (Å²) in [4.78, 5) is 23.2. The van der Waals surface area contributed by atoms with Gasteiger partial charge < -0.3 is 20.5 Å². The van der Waals surface area contributed by atoms with E-state index in [1.807, 2.05) is 13.8 Å². The van der Waals surface area contributed by atoms with Gasteiger partial charge in [0.15, 0.2) is 0 Å². The highest BCUT2D eigenvalue weighted by Crippen LogP contribution is 2.24. The molecule has 0 fully saturated rings. The summed E-state index contributed by atoms with van der Waals surface area (Å²) in [5.41, 5.74) is 0.00887. The van der Waals surface area contributed by atoms with Gasteiger partial charge in [-0.25, -0.2) is 9.59 Å². The minimum atomic E-state index is -1.20. The number of aromatic carboxylic acids is 1. The van der Waals surface area contributed by atoms with Crippen molar-refractivity contribution in [3.8, 4) is 0 Å². The van der Waals surface area contributed by atoms with Crippen molar-refractivity contribution < 1.29 is 19.4 Å². The number of anilines is 1. The van der Waals surface area contributed by atoms with Crippen LogP contribution in [0.3, 0.4) is 0 Å². The Morgan fingerprint density at radius 1 is 1.38 bits per heavy atom. The fourth-order valence-electron chi connectivity index (χ4n) is 1.75. The number of nitrogens with one attached hydrogen (secondary N) is 2. The smallest absolute Gasteiger partial charge is 0.339 e. The highest BCUT2D eigenvalue weighted by Gasteiger charge is 2.19. The second-order valence-electron chi connectivity index (χ2n) is 4.87. The zero-order valence-electron chi connectivity index (χ0n) is 12.1. The summed E-state index contributed by atoms with van der Waals surface area (Å²) in [5.74, 6) is -1.03. The summed E-state index contributed by atoms with van der Waals surface area (Å²) in [6, 6.07) is 3.82. The van der Waals surface area contributed by atoms with Crippen LogP contribution in [0.2, 0.25) is 5.02 Å². The molecule has 7 heteroatoms. The van der Waals surface area contributed by atoms with Crippen molar-refractivity contribution in [1.29, 1.82) is 0 Å². The van der Waals surface area contributed by atoms with Crippen LogP contribution in [0.5, 0.6) is 0 Å². The van der Waals surface area contributed by atoms with Crippen molar-refractivity contribution in [2.24, 2.45) is 5.92 Å². The number of hydrogen-bond donors (Lipinski definition) is 3. The van der Waals surface area contributed by atoms with Crippen molar-refractivity contribution in [3.05, 3.63) is 28.8 Å². The van der Waals surface area contributed by atoms with E-state index in [1.54, 1.807) is 13.2 Å². The van der Waals surface area contributed by atoms with Gasteiger partial charge in [-0.1, -0.05) is 31.5 Å². The van der Waals surface area contributed by atoms with Gasteiger partial charge in [0.2, 0.25) is 0 Å². The van der Waals surface area contributed by atoms with E-state index in [2.05, 4.69) is 10.6 Å². The number of ether oxygens (including phenoxy) is 1. The van der Waals surface area contributed by atoms with E-state index in [0.717, 1.165) is 0 Å². The first-order valence-corrected chi connectivity index (χ1v) is 6.82. The Labute approximate surface area is 128 Å². The molecule has 0 spiro atoms. The molecule has 0 aliphatic rings. The molecule has 2 amide bonds. The number of rotatable bonds is 6. The van der Waals surface area contributed by atoms with Crippen LogP contribution in [-0.4, -0.2) is 36.9 Å². The Balaban J connectivity index is 2.84. The van der Waals surface area contributed by atoms with E-state index in [-0.39, 0.29) is 28.2 Å². The lowest BCUT2D eigenvalue weighted by molar-refractivity contribution is 0.0698. The maximum atomic E-state index is 12.0. The Hall–Kier alpha value is -1.79. The molecule has 0 saturated heterocycles. The van der Waals surface area contributed by atoms with Crippen molar-refractivity contribution in [2.75, 3.05) is 19.0 Å². The van der Waals surface area contributed by atoms with Gasteiger partial charge in [-0.3, -0.25) is 0 Å². The maximum Gasteiger partial charge on any atom is 0.339 e. The average Bonchev–Trinajstić information content (AvgIpc) is 2.37. The van der Waals surface area contributed by atoms with Crippen LogP contribution >= 0.6 is 11.6 Å². The van der Waals surface area contributed by atoms with E-state index in [1.165, 1.54) is 12.1 Å². The number of urea groups is 1. The lowest BCUT2D eigenvalue weighted by atomic mass is 10.1. The molecule has 0 radical (unpaired) electrons. The summed E-state index contributed by atoms with van der Waals surface area (Å²) in [5, 5.41) is 14.5. The van der Waals surface area contributed by atoms with Gasteiger partial charge in [-0.05, 0) is 18.1 Å². The number of hydrogen-bond acceptors (Lipinski definition) is 3. The van der Waals surface area contributed by atoms with Crippen molar-refractivity contribution in [3.63, 3.8) is 0 Å². The first-order chi connectivity index (χ1) is 9.86. The Morgan fingerprint density at radius 2 is 2.05 bits per heavy atom. The molecule has 0 heterocycles. The molecule has 0 aliphatic heterocycles. The quantitative estimate of drug-likeness (QED) is 0.753. The van der Waals surface area contributed by atoms with Gasteiger partial charge >= 0.3 is 12.0 Å². The monoisotopic (exact) mass is 314 g/mol. The molecule has 6 nitrogen and oxygen atoms in total.